The highest BCUT2D eigenvalue weighted by molar-refractivity contribution is 7.12. The smallest absolute Gasteiger partial charge is 0.224 e. The van der Waals surface area contributed by atoms with Gasteiger partial charge in [-0.15, -0.1) is 11.3 Å². The van der Waals surface area contributed by atoms with Gasteiger partial charge in [-0.3, -0.25) is 4.79 Å². The molecule has 18 heavy (non-hydrogen) atoms. The first-order chi connectivity index (χ1) is 8.43. The molecule has 0 aromatic carbocycles. The van der Waals surface area contributed by atoms with Gasteiger partial charge in [-0.25, -0.2) is 0 Å². The van der Waals surface area contributed by atoms with Crippen molar-refractivity contribution >= 4 is 17.2 Å². The van der Waals surface area contributed by atoms with E-state index in [9.17, 15) is 4.79 Å². The summed E-state index contributed by atoms with van der Waals surface area (Å²) in [6, 6.07) is 4.22. The molecule has 0 saturated carbocycles. The van der Waals surface area contributed by atoms with E-state index >= 15 is 0 Å². The molecule has 1 heterocycles. The molecule has 1 amide bonds. The molecule has 102 valence electrons. The van der Waals surface area contributed by atoms with Crippen LogP contribution in [0.4, 0.5) is 0 Å². The van der Waals surface area contributed by atoms with Crippen molar-refractivity contribution in [3.63, 3.8) is 0 Å². The van der Waals surface area contributed by atoms with Gasteiger partial charge in [0.25, 0.3) is 0 Å². The molecule has 3 nitrogen and oxygen atoms in total. The summed E-state index contributed by atoms with van der Waals surface area (Å²) in [7, 11) is 0. The van der Waals surface area contributed by atoms with Crippen LogP contribution in [-0.4, -0.2) is 12.5 Å². The first-order valence-electron chi connectivity index (χ1n) is 6.50. The Balaban J connectivity index is 2.57. The van der Waals surface area contributed by atoms with Crippen LogP contribution in [0.1, 0.15) is 43.0 Å². The summed E-state index contributed by atoms with van der Waals surface area (Å²) in [5.74, 6) is 0.488. The highest BCUT2D eigenvalue weighted by atomic mass is 32.1. The summed E-state index contributed by atoms with van der Waals surface area (Å²) >= 11 is 1.73. The maximum atomic E-state index is 12.1. The number of carbonyl (C=O) groups is 1. The third-order valence-electron chi connectivity index (χ3n) is 2.96. The monoisotopic (exact) mass is 268 g/mol. The summed E-state index contributed by atoms with van der Waals surface area (Å²) in [5, 5.41) is 3.06. The number of amides is 1. The Bertz CT molecular complexity index is 387. The van der Waals surface area contributed by atoms with Crippen LogP contribution in [0.5, 0.6) is 0 Å². The van der Waals surface area contributed by atoms with Gasteiger partial charge in [0.15, 0.2) is 0 Å². The SMILES string of the molecule is Cc1ccc(C(C)NC(=O)C(CN)CC(C)C)s1. The predicted molar refractivity (Wildman–Crippen MR) is 77.6 cm³/mol. The molecule has 0 aliphatic carbocycles. The number of thiophene rings is 1. The topological polar surface area (TPSA) is 55.1 Å². The summed E-state index contributed by atoms with van der Waals surface area (Å²) in [6.45, 7) is 8.74. The fourth-order valence-electron chi connectivity index (χ4n) is 1.97. The zero-order chi connectivity index (χ0) is 13.7. The standard InChI is InChI=1S/C14H24N2OS/c1-9(2)7-12(8-15)14(17)16-11(4)13-6-5-10(3)18-13/h5-6,9,11-12H,7-8,15H2,1-4H3,(H,16,17). The Morgan fingerprint density at radius 2 is 2.06 bits per heavy atom. The van der Waals surface area contributed by atoms with Crippen LogP contribution >= 0.6 is 11.3 Å². The Morgan fingerprint density at radius 1 is 1.39 bits per heavy atom. The molecule has 1 aromatic heterocycles. The van der Waals surface area contributed by atoms with E-state index < -0.39 is 0 Å². The lowest BCUT2D eigenvalue weighted by Gasteiger charge is -2.19. The van der Waals surface area contributed by atoms with E-state index in [0.29, 0.717) is 12.5 Å². The quantitative estimate of drug-likeness (QED) is 0.833. The molecule has 0 aliphatic rings. The number of aryl methyl sites for hydroxylation is 1. The molecule has 4 heteroatoms. The molecule has 0 aliphatic heterocycles. The third-order valence-corrected chi connectivity index (χ3v) is 4.14. The van der Waals surface area contributed by atoms with Gasteiger partial charge >= 0.3 is 0 Å². The van der Waals surface area contributed by atoms with Gasteiger partial charge in [-0.05, 0) is 38.3 Å². The number of carbonyl (C=O) groups excluding carboxylic acids is 1. The number of hydrogen-bond acceptors (Lipinski definition) is 3. The Morgan fingerprint density at radius 3 is 2.50 bits per heavy atom. The first-order valence-corrected chi connectivity index (χ1v) is 7.32. The Labute approximate surface area is 114 Å². The van der Waals surface area contributed by atoms with Crippen LogP contribution < -0.4 is 11.1 Å². The molecule has 0 radical (unpaired) electrons. The molecule has 2 unspecified atom stereocenters. The lowest BCUT2D eigenvalue weighted by atomic mass is 9.96. The van der Waals surface area contributed by atoms with Gasteiger partial charge < -0.3 is 11.1 Å². The van der Waals surface area contributed by atoms with Gasteiger partial charge in [-0.2, -0.15) is 0 Å². The summed E-state index contributed by atoms with van der Waals surface area (Å²) in [5.41, 5.74) is 5.68. The Kier molecular flexibility index (Phi) is 5.82. The van der Waals surface area contributed by atoms with Crippen molar-refractivity contribution in [2.24, 2.45) is 17.6 Å². The molecule has 3 N–H and O–H groups in total. The highest BCUT2D eigenvalue weighted by Crippen LogP contribution is 2.23. The van der Waals surface area contributed by atoms with Gasteiger partial charge in [-0.1, -0.05) is 13.8 Å². The lowest BCUT2D eigenvalue weighted by molar-refractivity contribution is -0.125. The first kappa shape index (κ1) is 15.2. The van der Waals surface area contributed by atoms with Crippen LogP contribution in [0.15, 0.2) is 12.1 Å². The van der Waals surface area contributed by atoms with E-state index in [-0.39, 0.29) is 17.9 Å². The maximum Gasteiger partial charge on any atom is 0.224 e. The van der Waals surface area contributed by atoms with Crippen LogP contribution in [0.2, 0.25) is 0 Å². The minimum absolute atomic E-state index is 0.0670. The van der Waals surface area contributed by atoms with Crippen LogP contribution in [0, 0.1) is 18.8 Å². The normalized spacial score (nSPS) is 14.6. The average Bonchev–Trinajstić information content (AvgIpc) is 2.72. The number of nitrogens with one attached hydrogen (secondary N) is 1. The van der Waals surface area contributed by atoms with Gasteiger partial charge in [0, 0.05) is 16.3 Å². The van der Waals surface area contributed by atoms with E-state index in [1.54, 1.807) is 11.3 Å². The third kappa shape index (κ3) is 4.42. The molecular weight excluding hydrogens is 244 g/mol. The second-order valence-corrected chi connectivity index (χ2v) is 6.56. The molecule has 1 aromatic rings. The molecule has 2 atom stereocenters. The van der Waals surface area contributed by atoms with Crippen molar-refractivity contribution in [1.82, 2.24) is 5.32 Å². The van der Waals surface area contributed by atoms with Crippen molar-refractivity contribution in [1.29, 1.82) is 0 Å². The van der Waals surface area contributed by atoms with Crippen molar-refractivity contribution in [3.8, 4) is 0 Å². The van der Waals surface area contributed by atoms with Crippen LogP contribution in [0.25, 0.3) is 0 Å². The van der Waals surface area contributed by atoms with E-state index in [2.05, 4.69) is 38.2 Å². The second kappa shape index (κ2) is 6.90. The fraction of sp³-hybridized carbons (Fsp3) is 0.643. The number of hydrogen-bond donors (Lipinski definition) is 2. The average molecular weight is 268 g/mol. The zero-order valence-electron chi connectivity index (χ0n) is 11.7. The lowest BCUT2D eigenvalue weighted by Crippen LogP contribution is -2.37. The zero-order valence-corrected chi connectivity index (χ0v) is 12.5. The molecule has 0 saturated heterocycles. The molecule has 0 bridgehead atoms. The van der Waals surface area contributed by atoms with Crippen molar-refractivity contribution < 1.29 is 4.79 Å². The summed E-state index contributed by atoms with van der Waals surface area (Å²) in [4.78, 5) is 14.6. The van der Waals surface area contributed by atoms with Crippen molar-refractivity contribution in [3.05, 3.63) is 21.9 Å². The van der Waals surface area contributed by atoms with Crippen LogP contribution in [-0.2, 0) is 4.79 Å². The minimum atomic E-state index is -0.0755. The van der Waals surface area contributed by atoms with E-state index in [1.165, 1.54) is 9.75 Å². The molecule has 0 fully saturated rings. The molecular formula is C14H24N2OS. The maximum absolute atomic E-state index is 12.1. The number of rotatable bonds is 6. The van der Waals surface area contributed by atoms with E-state index in [0.717, 1.165) is 6.42 Å². The predicted octanol–water partition coefficient (Wildman–Crippen LogP) is 2.85. The van der Waals surface area contributed by atoms with Crippen molar-refractivity contribution in [2.45, 2.75) is 40.2 Å². The molecule has 0 spiro atoms. The fourth-order valence-corrected chi connectivity index (χ4v) is 2.85. The highest BCUT2D eigenvalue weighted by Gasteiger charge is 2.20. The van der Waals surface area contributed by atoms with E-state index in [1.807, 2.05) is 6.92 Å². The van der Waals surface area contributed by atoms with Gasteiger partial charge in [0.2, 0.25) is 5.91 Å². The number of nitrogens with two attached hydrogens (primary N) is 1. The Hall–Kier alpha value is -0.870. The van der Waals surface area contributed by atoms with Gasteiger partial charge in [0.05, 0.1) is 12.0 Å². The largest absolute Gasteiger partial charge is 0.348 e. The van der Waals surface area contributed by atoms with Crippen molar-refractivity contribution in [2.75, 3.05) is 6.54 Å². The summed E-state index contributed by atoms with van der Waals surface area (Å²) in [6.07, 6.45) is 0.846. The van der Waals surface area contributed by atoms with Gasteiger partial charge in [0.1, 0.15) is 0 Å². The summed E-state index contributed by atoms with van der Waals surface area (Å²) < 4.78 is 0. The molecule has 1 rings (SSSR count). The van der Waals surface area contributed by atoms with E-state index in [4.69, 9.17) is 5.73 Å². The van der Waals surface area contributed by atoms with Crippen LogP contribution in [0.3, 0.4) is 0 Å². The minimum Gasteiger partial charge on any atom is -0.348 e. The second-order valence-electron chi connectivity index (χ2n) is 5.24.